The molecule has 0 saturated carbocycles. The van der Waals surface area contributed by atoms with Crippen LogP contribution in [0.1, 0.15) is 46.3 Å². The standard InChI is InChI=1S/C25H23N3O2/c1-2-17(21-14-28-22-13-16(24(26)27)11-12-19(21)22)20-10-6-9-18(23(20)25(29)30)15-7-4-3-5-8-15/h3-14,17,28H,2H2,1H3,(H3,26,27)(H,29,30). The van der Waals surface area contributed by atoms with Crippen LogP contribution in [0.3, 0.4) is 0 Å². The molecule has 0 aliphatic carbocycles. The van der Waals surface area contributed by atoms with Crippen LogP contribution in [0, 0.1) is 5.41 Å². The summed E-state index contributed by atoms with van der Waals surface area (Å²) >= 11 is 0. The van der Waals surface area contributed by atoms with Crippen molar-refractivity contribution in [2.75, 3.05) is 0 Å². The maximum Gasteiger partial charge on any atom is 0.336 e. The molecule has 0 saturated heterocycles. The van der Waals surface area contributed by atoms with Crippen LogP contribution in [0.4, 0.5) is 0 Å². The second kappa shape index (κ2) is 7.87. The number of nitrogen functional groups attached to an aromatic ring is 1. The first-order chi connectivity index (χ1) is 14.5. The number of aromatic carboxylic acids is 1. The van der Waals surface area contributed by atoms with Gasteiger partial charge in [0.2, 0.25) is 0 Å². The molecule has 0 fully saturated rings. The van der Waals surface area contributed by atoms with E-state index >= 15 is 0 Å². The van der Waals surface area contributed by atoms with Crippen LogP contribution in [-0.4, -0.2) is 21.9 Å². The highest BCUT2D eigenvalue weighted by atomic mass is 16.4. The van der Waals surface area contributed by atoms with Crippen LogP contribution in [0.25, 0.3) is 22.0 Å². The monoisotopic (exact) mass is 397 g/mol. The van der Waals surface area contributed by atoms with E-state index in [9.17, 15) is 9.90 Å². The molecule has 1 heterocycles. The molecule has 4 aromatic rings. The van der Waals surface area contributed by atoms with Crippen molar-refractivity contribution in [1.29, 1.82) is 5.41 Å². The summed E-state index contributed by atoms with van der Waals surface area (Å²) in [5, 5.41) is 18.8. The molecular weight excluding hydrogens is 374 g/mol. The molecule has 0 spiro atoms. The lowest BCUT2D eigenvalue weighted by Crippen LogP contribution is -2.11. The lowest BCUT2D eigenvalue weighted by molar-refractivity contribution is 0.0696. The number of nitrogens with two attached hydrogens (primary N) is 1. The number of amidine groups is 1. The lowest BCUT2D eigenvalue weighted by Gasteiger charge is -2.20. The molecule has 1 aromatic heterocycles. The van der Waals surface area contributed by atoms with Gasteiger partial charge in [0.05, 0.1) is 5.56 Å². The third-order valence-corrected chi connectivity index (χ3v) is 5.58. The van der Waals surface area contributed by atoms with Crippen molar-refractivity contribution < 1.29 is 9.90 Å². The van der Waals surface area contributed by atoms with Gasteiger partial charge < -0.3 is 15.8 Å². The molecule has 5 N–H and O–H groups in total. The Balaban J connectivity index is 1.90. The summed E-state index contributed by atoms with van der Waals surface area (Å²) < 4.78 is 0. The van der Waals surface area contributed by atoms with Gasteiger partial charge in [-0.05, 0) is 34.7 Å². The van der Waals surface area contributed by atoms with Gasteiger partial charge in [0, 0.05) is 28.6 Å². The first-order valence-electron chi connectivity index (χ1n) is 9.88. The molecule has 150 valence electrons. The highest BCUT2D eigenvalue weighted by molar-refractivity contribution is 6.00. The molecule has 0 bridgehead atoms. The lowest BCUT2D eigenvalue weighted by atomic mass is 9.83. The fourth-order valence-corrected chi connectivity index (χ4v) is 4.17. The minimum Gasteiger partial charge on any atom is -0.478 e. The quantitative estimate of drug-likeness (QED) is 0.260. The summed E-state index contributed by atoms with van der Waals surface area (Å²) in [6.07, 6.45) is 2.68. The molecule has 3 aromatic carbocycles. The van der Waals surface area contributed by atoms with Gasteiger partial charge in [-0.3, -0.25) is 5.41 Å². The van der Waals surface area contributed by atoms with Crippen molar-refractivity contribution in [3.05, 3.63) is 95.2 Å². The first kappa shape index (κ1) is 19.5. The molecule has 5 nitrogen and oxygen atoms in total. The third kappa shape index (κ3) is 3.35. The second-order valence-corrected chi connectivity index (χ2v) is 7.32. The number of rotatable bonds is 6. The van der Waals surface area contributed by atoms with Crippen molar-refractivity contribution in [3.63, 3.8) is 0 Å². The summed E-state index contributed by atoms with van der Waals surface area (Å²) in [4.78, 5) is 15.6. The number of fused-ring (bicyclic) bond motifs is 1. The van der Waals surface area contributed by atoms with Gasteiger partial charge in [0.25, 0.3) is 0 Å². The number of carbonyl (C=O) groups is 1. The Bertz CT molecular complexity index is 1240. The zero-order chi connectivity index (χ0) is 21.3. The number of benzene rings is 3. The fourth-order valence-electron chi connectivity index (χ4n) is 4.17. The van der Waals surface area contributed by atoms with Gasteiger partial charge in [-0.25, -0.2) is 4.79 Å². The average molecular weight is 397 g/mol. The topological polar surface area (TPSA) is 103 Å². The zero-order valence-corrected chi connectivity index (χ0v) is 16.6. The molecule has 4 rings (SSSR count). The molecular formula is C25H23N3O2. The molecule has 0 radical (unpaired) electrons. The van der Waals surface area contributed by atoms with E-state index in [0.717, 1.165) is 39.6 Å². The second-order valence-electron chi connectivity index (χ2n) is 7.32. The normalized spacial score (nSPS) is 12.0. The van der Waals surface area contributed by atoms with E-state index in [0.29, 0.717) is 11.1 Å². The fraction of sp³-hybridized carbons (Fsp3) is 0.120. The van der Waals surface area contributed by atoms with Crippen LogP contribution in [0.2, 0.25) is 0 Å². The van der Waals surface area contributed by atoms with Gasteiger partial charge in [-0.2, -0.15) is 0 Å². The van der Waals surface area contributed by atoms with Crippen LogP contribution < -0.4 is 5.73 Å². The van der Waals surface area contributed by atoms with E-state index in [1.165, 1.54) is 0 Å². The Morgan fingerprint density at radius 2 is 1.83 bits per heavy atom. The third-order valence-electron chi connectivity index (χ3n) is 5.58. The van der Waals surface area contributed by atoms with Crippen molar-refractivity contribution in [2.24, 2.45) is 5.73 Å². The van der Waals surface area contributed by atoms with Gasteiger partial charge in [0.15, 0.2) is 0 Å². The van der Waals surface area contributed by atoms with Crippen molar-refractivity contribution in [3.8, 4) is 11.1 Å². The van der Waals surface area contributed by atoms with E-state index in [1.54, 1.807) is 0 Å². The smallest absolute Gasteiger partial charge is 0.336 e. The minimum absolute atomic E-state index is 0.0174. The Morgan fingerprint density at radius 1 is 1.07 bits per heavy atom. The Kier molecular flexibility index (Phi) is 5.11. The summed E-state index contributed by atoms with van der Waals surface area (Å²) in [6, 6.07) is 20.9. The number of hydrogen-bond donors (Lipinski definition) is 4. The van der Waals surface area contributed by atoms with Crippen molar-refractivity contribution in [2.45, 2.75) is 19.3 Å². The SMILES string of the molecule is CCC(c1cccc(-c2ccccc2)c1C(=O)O)c1c[nH]c2cc(C(=N)N)ccc12. The van der Waals surface area contributed by atoms with Gasteiger partial charge in [0.1, 0.15) is 5.84 Å². The Morgan fingerprint density at radius 3 is 2.50 bits per heavy atom. The molecule has 0 aliphatic rings. The van der Waals surface area contributed by atoms with Gasteiger partial charge in [-0.15, -0.1) is 0 Å². The van der Waals surface area contributed by atoms with Crippen LogP contribution >= 0.6 is 0 Å². The number of carboxylic acids is 1. The molecule has 1 atom stereocenters. The minimum atomic E-state index is -0.929. The van der Waals surface area contributed by atoms with Crippen LogP contribution in [0.15, 0.2) is 72.9 Å². The van der Waals surface area contributed by atoms with Crippen molar-refractivity contribution >= 4 is 22.7 Å². The summed E-state index contributed by atoms with van der Waals surface area (Å²) in [6.45, 7) is 2.06. The highest BCUT2D eigenvalue weighted by Gasteiger charge is 2.24. The predicted molar refractivity (Wildman–Crippen MR) is 120 cm³/mol. The van der Waals surface area contributed by atoms with E-state index in [2.05, 4.69) is 11.9 Å². The molecule has 30 heavy (non-hydrogen) atoms. The summed E-state index contributed by atoms with van der Waals surface area (Å²) in [7, 11) is 0. The zero-order valence-electron chi connectivity index (χ0n) is 16.6. The van der Waals surface area contributed by atoms with Crippen LogP contribution in [0.5, 0.6) is 0 Å². The van der Waals surface area contributed by atoms with Gasteiger partial charge >= 0.3 is 5.97 Å². The Hall–Kier alpha value is -3.86. The average Bonchev–Trinajstić information content (AvgIpc) is 3.17. The largest absolute Gasteiger partial charge is 0.478 e. The van der Waals surface area contributed by atoms with Crippen molar-refractivity contribution in [1.82, 2.24) is 4.98 Å². The number of aromatic amines is 1. The number of hydrogen-bond acceptors (Lipinski definition) is 2. The maximum absolute atomic E-state index is 12.3. The molecule has 1 unspecified atom stereocenters. The molecule has 0 amide bonds. The molecule has 5 heteroatoms. The highest BCUT2D eigenvalue weighted by Crippen LogP contribution is 2.38. The number of nitrogens with one attached hydrogen (secondary N) is 2. The predicted octanol–water partition coefficient (Wildman–Crippen LogP) is 5.36. The molecule has 0 aliphatic heterocycles. The first-order valence-corrected chi connectivity index (χ1v) is 9.88. The van der Waals surface area contributed by atoms with Crippen LogP contribution in [-0.2, 0) is 0 Å². The number of aromatic nitrogens is 1. The summed E-state index contributed by atoms with van der Waals surface area (Å²) in [5.41, 5.74) is 10.9. The maximum atomic E-state index is 12.3. The summed E-state index contributed by atoms with van der Waals surface area (Å²) in [5.74, 6) is -0.998. The van der Waals surface area contributed by atoms with E-state index in [4.69, 9.17) is 11.1 Å². The Labute approximate surface area is 174 Å². The number of carboxylic acid groups (broad SMARTS) is 1. The van der Waals surface area contributed by atoms with E-state index in [1.807, 2.05) is 72.9 Å². The van der Waals surface area contributed by atoms with E-state index < -0.39 is 5.97 Å². The number of H-pyrrole nitrogens is 1. The van der Waals surface area contributed by atoms with Gasteiger partial charge in [-0.1, -0.05) is 67.6 Å². The van der Waals surface area contributed by atoms with E-state index in [-0.39, 0.29) is 11.8 Å².